The van der Waals surface area contributed by atoms with Crippen LogP contribution in [-0.2, 0) is 16.1 Å². The van der Waals surface area contributed by atoms with Crippen LogP contribution in [0, 0.1) is 0 Å². The highest BCUT2D eigenvalue weighted by Gasteiger charge is 2.31. The molecular weight excluding hydrogens is 616 g/mol. The van der Waals surface area contributed by atoms with Gasteiger partial charge in [0.2, 0.25) is 11.5 Å². The van der Waals surface area contributed by atoms with Crippen LogP contribution in [0.4, 0.5) is 5.69 Å². The summed E-state index contributed by atoms with van der Waals surface area (Å²) in [7, 11) is 0. The van der Waals surface area contributed by atoms with Crippen molar-refractivity contribution in [2.45, 2.75) is 19.4 Å². The van der Waals surface area contributed by atoms with Crippen LogP contribution in [0.2, 0.25) is 0 Å². The second-order valence-corrected chi connectivity index (χ2v) is 11.9. The second kappa shape index (κ2) is 12.3. The number of rotatable bonds is 9. The molecule has 6 aromatic carbocycles. The van der Waals surface area contributed by atoms with Crippen molar-refractivity contribution in [2.24, 2.45) is 0 Å². The molecule has 2 N–H and O–H groups in total. The normalized spacial score (nSPS) is 14.0. The van der Waals surface area contributed by atoms with Gasteiger partial charge < -0.3 is 24.3 Å². The number of aromatic nitrogens is 1. The molecule has 2 heterocycles. The predicted molar refractivity (Wildman–Crippen MR) is 192 cm³/mol. The van der Waals surface area contributed by atoms with Crippen molar-refractivity contribution in [2.75, 3.05) is 11.4 Å². The van der Waals surface area contributed by atoms with Gasteiger partial charge in [-0.15, -0.1) is 0 Å². The minimum Gasteiger partial charge on any atom is -0.481 e. The molecule has 0 saturated carbocycles. The Kier molecular flexibility index (Phi) is 7.53. The summed E-state index contributed by atoms with van der Waals surface area (Å²) in [6.07, 6.45) is 9.06. The van der Waals surface area contributed by atoms with Gasteiger partial charge in [0, 0.05) is 22.7 Å². The van der Waals surface area contributed by atoms with Gasteiger partial charge in [0.05, 0.1) is 23.6 Å². The molecule has 0 saturated heterocycles. The van der Waals surface area contributed by atoms with Crippen molar-refractivity contribution in [3.8, 4) is 5.75 Å². The highest BCUT2D eigenvalue weighted by molar-refractivity contribution is 6.22. The van der Waals surface area contributed by atoms with E-state index in [1.165, 1.54) is 0 Å². The molecule has 49 heavy (non-hydrogen) atoms. The number of anilines is 1. The van der Waals surface area contributed by atoms with Gasteiger partial charge in [0.1, 0.15) is 6.42 Å². The van der Waals surface area contributed by atoms with Gasteiger partial charge in [-0.1, -0.05) is 109 Å². The zero-order valence-corrected chi connectivity index (χ0v) is 26.4. The molecule has 1 aliphatic heterocycles. The maximum Gasteiger partial charge on any atom is 0.374 e. The second-order valence-electron chi connectivity index (χ2n) is 11.9. The number of hydrogen-bond donors (Lipinski definition) is 2. The monoisotopic (exact) mass is 647 g/mol. The maximum atomic E-state index is 11.7. The van der Waals surface area contributed by atoms with Gasteiger partial charge in [0.15, 0.2) is 12.3 Å². The van der Waals surface area contributed by atoms with E-state index in [1.54, 1.807) is 0 Å². The molecule has 0 aliphatic carbocycles. The van der Waals surface area contributed by atoms with Gasteiger partial charge in [0.25, 0.3) is 5.52 Å². The molecular formula is C41H31N2O6+. The molecule has 7 aromatic rings. The molecule has 8 heteroatoms. The van der Waals surface area contributed by atoms with Crippen LogP contribution in [0.1, 0.15) is 18.7 Å². The smallest absolute Gasteiger partial charge is 0.374 e. The van der Waals surface area contributed by atoms with Crippen LogP contribution in [-0.4, -0.2) is 28.7 Å². The third kappa shape index (κ3) is 5.23. The van der Waals surface area contributed by atoms with Gasteiger partial charge in [-0.2, -0.15) is 4.57 Å². The van der Waals surface area contributed by atoms with Crippen molar-refractivity contribution in [3.05, 3.63) is 133 Å². The molecule has 0 unspecified atom stereocenters. The number of allylic oxidation sites excluding steroid dienone is 4. The summed E-state index contributed by atoms with van der Waals surface area (Å²) in [5, 5.41) is 27.3. The zero-order valence-electron chi connectivity index (χ0n) is 26.4. The zero-order chi connectivity index (χ0) is 33.5. The van der Waals surface area contributed by atoms with Crippen molar-refractivity contribution in [3.63, 3.8) is 0 Å². The summed E-state index contributed by atoms with van der Waals surface area (Å²) >= 11 is 0. The number of hydrogen-bond acceptors (Lipinski definition) is 5. The molecule has 0 bridgehead atoms. The average Bonchev–Trinajstić information content (AvgIpc) is 3.68. The summed E-state index contributed by atoms with van der Waals surface area (Å²) < 4.78 is 14.9. The maximum absolute atomic E-state index is 11.7. The topological polar surface area (TPSA) is 104 Å². The summed E-state index contributed by atoms with van der Waals surface area (Å²) in [6, 6.07) is 32.3. The number of carbonyl (C=O) groups is 2. The number of benzene rings is 6. The Morgan fingerprint density at radius 3 is 1.88 bits per heavy atom. The van der Waals surface area contributed by atoms with Crippen molar-refractivity contribution >= 4 is 77.9 Å². The number of ether oxygens (including phenoxy) is 1. The fraction of sp³-hybridized carbons (Fsp3) is 0.0976. The van der Waals surface area contributed by atoms with E-state index in [9.17, 15) is 19.8 Å². The van der Waals surface area contributed by atoms with Crippen molar-refractivity contribution < 1.29 is 33.5 Å². The Labute approximate surface area is 280 Å². The van der Waals surface area contributed by atoms with E-state index in [2.05, 4.69) is 24.3 Å². The van der Waals surface area contributed by atoms with E-state index in [0.29, 0.717) is 23.1 Å². The lowest BCUT2D eigenvalue weighted by molar-refractivity contribution is -0.676. The number of carboxylic acid groups (broad SMARTS) is 2. The number of nitrogens with zero attached hydrogens (tertiary/aromatic N) is 2. The summed E-state index contributed by atoms with van der Waals surface area (Å²) in [5.41, 5.74) is 2.41. The van der Waals surface area contributed by atoms with E-state index in [0.717, 1.165) is 54.3 Å². The van der Waals surface area contributed by atoms with Crippen molar-refractivity contribution in [1.82, 2.24) is 0 Å². The van der Waals surface area contributed by atoms with Crippen molar-refractivity contribution in [1.29, 1.82) is 0 Å². The Morgan fingerprint density at radius 1 is 0.653 bits per heavy atom. The van der Waals surface area contributed by atoms with Crippen LogP contribution in [0.15, 0.2) is 132 Å². The Balaban J connectivity index is 1.19. The van der Waals surface area contributed by atoms with E-state index >= 15 is 0 Å². The molecule has 1 aromatic heterocycles. The molecule has 0 radical (unpaired) electrons. The fourth-order valence-corrected chi connectivity index (χ4v) is 6.91. The van der Waals surface area contributed by atoms with E-state index < -0.39 is 11.9 Å². The van der Waals surface area contributed by atoms with E-state index in [4.69, 9.17) is 9.15 Å². The largest absolute Gasteiger partial charge is 0.481 e. The average molecular weight is 648 g/mol. The van der Waals surface area contributed by atoms with Gasteiger partial charge in [-0.25, -0.2) is 0 Å². The highest BCUT2D eigenvalue weighted by Crippen LogP contribution is 2.49. The first-order valence-electron chi connectivity index (χ1n) is 16.1. The number of oxazole rings is 1. The van der Waals surface area contributed by atoms with Crippen LogP contribution < -0.4 is 14.2 Å². The molecule has 0 amide bonds. The molecule has 0 fully saturated rings. The van der Waals surface area contributed by atoms with Gasteiger partial charge >= 0.3 is 17.8 Å². The Hall–Kier alpha value is -6.41. The van der Waals surface area contributed by atoms with Gasteiger partial charge in [-0.3, -0.25) is 9.59 Å². The first-order valence-corrected chi connectivity index (χ1v) is 16.1. The SMILES string of the molecule is O=C(O)CCN1\C(=C/C=C/C=C/c2oc3c4ccccc4c4ccccc4c3[n+]2CCC(=O)O)Oc2c1c1ccccc1c1ccccc21. The number of fused-ring (bicyclic) bond motifs is 12. The molecule has 240 valence electrons. The Morgan fingerprint density at radius 2 is 1.20 bits per heavy atom. The lowest BCUT2D eigenvalue weighted by Gasteiger charge is -2.19. The van der Waals surface area contributed by atoms with Crippen LogP contribution in [0.5, 0.6) is 5.75 Å². The molecule has 1 aliphatic rings. The molecule has 8 nitrogen and oxygen atoms in total. The summed E-state index contributed by atoms with van der Waals surface area (Å²) in [4.78, 5) is 25.2. The number of carboxylic acids is 2. The van der Waals surface area contributed by atoms with E-state index in [-0.39, 0.29) is 25.9 Å². The molecule has 0 atom stereocenters. The summed E-state index contributed by atoms with van der Waals surface area (Å²) in [5.74, 6) is -0.0183. The standard InChI is InChI=1S/C41H30N2O6/c44-36(45)22-24-42-34(48-40-32-18-10-6-14-28(32)26-12-4-8-16-30(26)38(40)42)20-2-1-3-21-35-43(25-23-37(46)47)39-31-17-9-5-13-27(31)29-15-7-11-19-33(29)41(39)49-35/h1-21H,22-25H2,(H-,44,45,46,47)/p+1. The molecule has 0 spiro atoms. The predicted octanol–water partition coefficient (Wildman–Crippen LogP) is 8.59. The number of aryl methyl sites for hydroxylation is 1. The first kappa shape index (κ1) is 30.0. The lowest BCUT2D eigenvalue weighted by atomic mass is 9.99. The highest BCUT2D eigenvalue weighted by atomic mass is 16.5. The molecule has 8 rings (SSSR count). The van der Waals surface area contributed by atoms with Crippen LogP contribution in [0.25, 0.3) is 60.3 Å². The Bertz CT molecular complexity index is 2560. The summed E-state index contributed by atoms with van der Waals surface area (Å²) in [6.45, 7) is 0.481. The van der Waals surface area contributed by atoms with Crippen LogP contribution >= 0.6 is 0 Å². The quantitative estimate of drug-likeness (QED) is 0.0919. The lowest BCUT2D eigenvalue weighted by Crippen LogP contribution is -2.36. The third-order valence-electron chi connectivity index (χ3n) is 9.00. The fourth-order valence-electron chi connectivity index (χ4n) is 6.91. The number of aliphatic carboxylic acids is 2. The first-order chi connectivity index (χ1) is 24.0. The third-order valence-corrected chi connectivity index (χ3v) is 9.00. The van der Waals surface area contributed by atoms with Gasteiger partial charge in [-0.05, 0) is 33.7 Å². The van der Waals surface area contributed by atoms with Crippen LogP contribution in [0.3, 0.4) is 0 Å². The van der Waals surface area contributed by atoms with E-state index in [1.807, 2.05) is 113 Å². The minimum atomic E-state index is -0.890. The minimum absolute atomic E-state index is 0.0589.